The van der Waals surface area contributed by atoms with Crippen LogP contribution in [0.2, 0.25) is 65.0 Å². The van der Waals surface area contributed by atoms with E-state index in [1.165, 1.54) is 0 Å². The van der Waals surface area contributed by atoms with Gasteiger partial charge in [-0.2, -0.15) is 0 Å². The van der Waals surface area contributed by atoms with E-state index >= 15 is 0 Å². The molecule has 0 amide bonds. The van der Waals surface area contributed by atoms with Crippen molar-refractivity contribution in [3.8, 4) is 0 Å². The van der Waals surface area contributed by atoms with Gasteiger partial charge in [-0.25, -0.2) is 0 Å². The summed E-state index contributed by atoms with van der Waals surface area (Å²) in [6, 6.07) is 0.631. The molecular formula is C20H54O7Si4. The Balaban J connectivity index is -0.000000563. The standard InChI is InChI=1S/C16H38O7Si4.4CH4/c1-24(2,3)21-26(7,8)23-27(9,22-25(4,5)6)12-10-11-14(16(19)20)13-15(17)18;;;;/h14H,10-13H2,1-9H3,(H,17,18)(H,19,20);4*1H4. The topological polar surface area (TPSA) is 102 Å². The van der Waals surface area contributed by atoms with Gasteiger partial charge in [-0.05, 0) is 71.4 Å². The summed E-state index contributed by atoms with van der Waals surface area (Å²) in [7, 11) is -8.60. The third kappa shape index (κ3) is 21.3. The first-order valence-electron chi connectivity index (χ1n) is 9.39. The lowest BCUT2D eigenvalue weighted by Crippen LogP contribution is -2.56. The van der Waals surface area contributed by atoms with E-state index < -0.39 is 51.6 Å². The molecule has 7 nitrogen and oxygen atoms in total. The summed E-state index contributed by atoms with van der Waals surface area (Å²) in [5.41, 5.74) is 0. The molecule has 0 heterocycles. The van der Waals surface area contributed by atoms with Crippen molar-refractivity contribution in [2.45, 2.75) is 114 Å². The maximum Gasteiger partial charge on any atom is 0.315 e. The monoisotopic (exact) mass is 518 g/mol. The molecule has 0 saturated heterocycles. The van der Waals surface area contributed by atoms with Gasteiger partial charge in [0.05, 0.1) is 12.3 Å². The average molecular weight is 519 g/mol. The Bertz CT molecular complexity index is 517. The highest BCUT2D eigenvalue weighted by molar-refractivity contribution is 6.89. The van der Waals surface area contributed by atoms with Crippen molar-refractivity contribution in [2.24, 2.45) is 5.92 Å². The Labute approximate surface area is 197 Å². The number of rotatable bonds is 13. The van der Waals surface area contributed by atoms with Gasteiger partial charge in [0, 0.05) is 0 Å². The van der Waals surface area contributed by atoms with Crippen LogP contribution in [0.25, 0.3) is 0 Å². The molecule has 2 unspecified atom stereocenters. The van der Waals surface area contributed by atoms with E-state index in [9.17, 15) is 14.7 Å². The number of carbonyl (C=O) groups is 2. The number of hydrogen-bond donors (Lipinski definition) is 2. The molecule has 192 valence electrons. The number of aliphatic carboxylic acids is 2. The largest absolute Gasteiger partial charge is 0.481 e. The third-order valence-corrected chi connectivity index (χ3v) is 17.0. The molecule has 0 aromatic carbocycles. The first kappa shape index (κ1) is 41.0. The predicted molar refractivity (Wildman–Crippen MR) is 143 cm³/mol. The molecule has 0 rings (SSSR count). The molecule has 0 fully saturated rings. The SMILES string of the molecule is C.C.C.C.C[Si](C)(C)O[Si](C)(C)O[Si](C)(CCCC(CC(=O)O)C(=O)O)O[Si](C)(C)C. The minimum atomic E-state index is -2.58. The highest BCUT2D eigenvalue weighted by Crippen LogP contribution is 2.29. The highest BCUT2D eigenvalue weighted by Gasteiger charge is 2.44. The van der Waals surface area contributed by atoms with E-state index in [2.05, 4.69) is 39.3 Å². The van der Waals surface area contributed by atoms with Crippen LogP contribution in [0.15, 0.2) is 0 Å². The molecule has 0 saturated carbocycles. The van der Waals surface area contributed by atoms with Crippen LogP contribution in [0.5, 0.6) is 0 Å². The predicted octanol–water partition coefficient (Wildman–Crippen LogP) is 6.98. The van der Waals surface area contributed by atoms with Gasteiger partial charge < -0.3 is 22.6 Å². The second kappa shape index (κ2) is 15.5. The van der Waals surface area contributed by atoms with Gasteiger partial charge in [0.15, 0.2) is 16.6 Å². The minimum Gasteiger partial charge on any atom is -0.481 e. The normalized spacial score (nSPS) is 14.5. The molecule has 0 aliphatic carbocycles. The number of carboxylic acid groups (broad SMARTS) is 2. The summed E-state index contributed by atoms with van der Waals surface area (Å²) in [6.45, 7) is 18.8. The summed E-state index contributed by atoms with van der Waals surface area (Å²) < 4.78 is 19.3. The zero-order chi connectivity index (χ0) is 21.7. The van der Waals surface area contributed by atoms with Gasteiger partial charge in [0.1, 0.15) is 0 Å². The molecule has 2 N–H and O–H groups in total. The van der Waals surface area contributed by atoms with Gasteiger partial charge in [0.25, 0.3) is 0 Å². The summed E-state index contributed by atoms with van der Waals surface area (Å²) in [5.74, 6) is -3.03. The first-order valence-corrected chi connectivity index (χ1v) is 21.5. The Hall–Kier alpha value is -0.312. The van der Waals surface area contributed by atoms with E-state index in [0.29, 0.717) is 18.9 Å². The van der Waals surface area contributed by atoms with Crippen molar-refractivity contribution in [1.29, 1.82) is 0 Å². The maximum atomic E-state index is 11.3. The van der Waals surface area contributed by atoms with Crippen LogP contribution in [0.3, 0.4) is 0 Å². The molecular weight excluding hydrogens is 465 g/mol. The van der Waals surface area contributed by atoms with E-state index in [1.807, 2.05) is 19.6 Å². The van der Waals surface area contributed by atoms with Crippen LogP contribution in [0.1, 0.15) is 49.0 Å². The molecule has 0 aliphatic heterocycles. The highest BCUT2D eigenvalue weighted by atomic mass is 28.5. The number of carboxylic acids is 2. The van der Waals surface area contributed by atoms with Crippen molar-refractivity contribution in [3.05, 3.63) is 0 Å². The molecule has 11 heteroatoms. The van der Waals surface area contributed by atoms with E-state index in [4.69, 9.17) is 17.5 Å². The zero-order valence-corrected chi connectivity index (χ0v) is 22.3. The van der Waals surface area contributed by atoms with E-state index in [-0.39, 0.29) is 36.1 Å². The van der Waals surface area contributed by atoms with Gasteiger partial charge in [-0.15, -0.1) is 0 Å². The summed E-state index contributed by atoms with van der Waals surface area (Å²) in [4.78, 5) is 22.2. The lowest BCUT2D eigenvalue weighted by molar-refractivity contribution is -0.148. The Kier molecular flexibility index (Phi) is 20.5. The Morgan fingerprint density at radius 1 is 0.742 bits per heavy atom. The van der Waals surface area contributed by atoms with Gasteiger partial charge in [-0.3, -0.25) is 9.59 Å². The first-order chi connectivity index (χ1) is 11.8. The molecule has 31 heavy (non-hydrogen) atoms. The lowest BCUT2D eigenvalue weighted by atomic mass is 10.0. The second-order valence-corrected chi connectivity index (χ2v) is 26.1. The van der Waals surface area contributed by atoms with E-state index in [0.717, 1.165) is 0 Å². The number of hydrogen-bond acceptors (Lipinski definition) is 5. The molecule has 0 bridgehead atoms. The van der Waals surface area contributed by atoms with Crippen LogP contribution in [0.4, 0.5) is 0 Å². The van der Waals surface area contributed by atoms with Crippen molar-refractivity contribution in [1.82, 2.24) is 0 Å². The Morgan fingerprint density at radius 2 is 1.16 bits per heavy atom. The summed E-state index contributed by atoms with van der Waals surface area (Å²) in [6.07, 6.45) is 0.511. The van der Waals surface area contributed by atoms with Crippen LogP contribution < -0.4 is 0 Å². The van der Waals surface area contributed by atoms with Crippen LogP contribution >= 0.6 is 0 Å². The smallest absolute Gasteiger partial charge is 0.315 e. The molecule has 0 radical (unpaired) electrons. The fourth-order valence-electron chi connectivity index (χ4n) is 3.24. The van der Waals surface area contributed by atoms with Gasteiger partial charge in [0.2, 0.25) is 0 Å². The summed E-state index contributed by atoms with van der Waals surface area (Å²) >= 11 is 0. The van der Waals surface area contributed by atoms with E-state index in [1.54, 1.807) is 0 Å². The minimum absolute atomic E-state index is 0. The summed E-state index contributed by atoms with van der Waals surface area (Å²) in [5, 5.41) is 18.1. The van der Waals surface area contributed by atoms with Crippen molar-refractivity contribution < 1.29 is 32.1 Å². The van der Waals surface area contributed by atoms with Gasteiger partial charge in [-0.1, -0.05) is 36.1 Å². The molecule has 2 atom stereocenters. The van der Waals surface area contributed by atoms with Crippen LogP contribution in [-0.4, -0.2) is 55.9 Å². The molecule has 0 spiro atoms. The Morgan fingerprint density at radius 3 is 1.48 bits per heavy atom. The van der Waals surface area contributed by atoms with Crippen molar-refractivity contribution in [2.75, 3.05) is 0 Å². The quantitative estimate of drug-likeness (QED) is 0.253. The fraction of sp³-hybridized carbons (Fsp3) is 0.900. The lowest BCUT2D eigenvalue weighted by Gasteiger charge is -2.41. The second-order valence-electron chi connectivity index (χ2n) is 9.59. The maximum absolute atomic E-state index is 11.3. The average Bonchev–Trinajstić information content (AvgIpc) is 2.29. The molecule has 0 aliphatic rings. The van der Waals surface area contributed by atoms with Gasteiger partial charge >= 0.3 is 29.1 Å². The molecule has 0 aromatic heterocycles. The third-order valence-electron chi connectivity index (χ3n) is 3.49. The van der Waals surface area contributed by atoms with Crippen LogP contribution in [-0.2, 0) is 21.9 Å². The zero-order valence-electron chi connectivity index (χ0n) is 18.3. The van der Waals surface area contributed by atoms with Crippen molar-refractivity contribution >= 4 is 45.7 Å². The van der Waals surface area contributed by atoms with Crippen LogP contribution in [0, 0.1) is 5.92 Å². The van der Waals surface area contributed by atoms with Crippen molar-refractivity contribution in [3.63, 3.8) is 0 Å². The molecule has 0 aromatic rings. The fourth-order valence-corrected chi connectivity index (χ4v) is 21.2.